The maximum atomic E-state index is 4.90. The fraction of sp³-hybridized carbons (Fsp3) is 0.500. The Hall–Kier alpha value is -2.64. The summed E-state index contributed by atoms with van der Waals surface area (Å²) in [5, 5.41) is 11.7. The van der Waals surface area contributed by atoms with Gasteiger partial charge in [0, 0.05) is 50.9 Å². The lowest BCUT2D eigenvalue weighted by Gasteiger charge is -2.32. The van der Waals surface area contributed by atoms with Crippen LogP contribution in [0.4, 0.5) is 11.6 Å². The third kappa shape index (κ3) is 5.54. The van der Waals surface area contributed by atoms with Crippen molar-refractivity contribution in [3.63, 3.8) is 0 Å². The second-order valence-electron chi connectivity index (χ2n) is 8.78. The van der Waals surface area contributed by atoms with Gasteiger partial charge in [-0.1, -0.05) is 44.2 Å². The standard InChI is InChI=1S/C24H35N7/c1-19(2)21-18-27-31-23(26-17-20-8-5-4-6-9-20)16-22(28-24(21)31)25-10-7-11-30-14-12-29(3)13-15-30/h4-6,8-9,16,18-19,26H,7,10-15,17H2,1-3H3,(H,25,28). The minimum absolute atomic E-state index is 0.374. The van der Waals surface area contributed by atoms with E-state index in [1.165, 1.54) is 37.3 Å². The molecule has 0 spiro atoms. The van der Waals surface area contributed by atoms with Crippen LogP contribution in [-0.2, 0) is 6.54 Å². The minimum atomic E-state index is 0.374. The second-order valence-corrected chi connectivity index (χ2v) is 8.78. The predicted molar refractivity (Wildman–Crippen MR) is 128 cm³/mol. The number of hydrogen-bond acceptors (Lipinski definition) is 6. The SMILES string of the molecule is CC(C)c1cnn2c(NCc3ccccc3)cc(NCCCN3CCN(C)CC3)nc12. The summed E-state index contributed by atoms with van der Waals surface area (Å²) in [5.74, 6) is 2.24. The molecule has 0 atom stereocenters. The lowest BCUT2D eigenvalue weighted by atomic mass is 10.1. The van der Waals surface area contributed by atoms with E-state index in [0.29, 0.717) is 5.92 Å². The van der Waals surface area contributed by atoms with Gasteiger partial charge in [0.1, 0.15) is 11.6 Å². The number of rotatable bonds is 9. The molecule has 1 aromatic carbocycles. The van der Waals surface area contributed by atoms with E-state index in [0.717, 1.165) is 43.3 Å². The highest BCUT2D eigenvalue weighted by atomic mass is 15.3. The molecule has 4 rings (SSSR count). The molecule has 3 aromatic rings. The summed E-state index contributed by atoms with van der Waals surface area (Å²) in [4.78, 5) is 9.85. The van der Waals surface area contributed by atoms with Gasteiger partial charge in [-0.3, -0.25) is 0 Å². The Kier molecular flexibility index (Phi) is 7.04. The van der Waals surface area contributed by atoms with Crippen LogP contribution in [0.1, 0.15) is 37.3 Å². The molecule has 1 aliphatic rings. The zero-order chi connectivity index (χ0) is 21.6. The van der Waals surface area contributed by atoms with Crippen LogP contribution < -0.4 is 10.6 Å². The van der Waals surface area contributed by atoms with E-state index in [9.17, 15) is 0 Å². The summed E-state index contributed by atoms with van der Waals surface area (Å²) in [6, 6.07) is 12.5. The van der Waals surface area contributed by atoms with Crippen LogP contribution in [0, 0.1) is 0 Å². The van der Waals surface area contributed by atoms with Crippen molar-refractivity contribution in [1.29, 1.82) is 0 Å². The first-order valence-electron chi connectivity index (χ1n) is 11.4. The third-order valence-electron chi connectivity index (χ3n) is 5.99. The first-order valence-corrected chi connectivity index (χ1v) is 11.4. The van der Waals surface area contributed by atoms with Crippen molar-refractivity contribution < 1.29 is 0 Å². The topological polar surface area (TPSA) is 60.7 Å². The van der Waals surface area contributed by atoms with Crippen molar-refractivity contribution in [1.82, 2.24) is 24.4 Å². The summed E-state index contributed by atoms with van der Waals surface area (Å²) in [6.45, 7) is 11.8. The van der Waals surface area contributed by atoms with Crippen LogP contribution in [0.2, 0.25) is 0 Å². The molecule has 0 saturated carbocycles. The number of nitrogens with zero attached hydrogens (tertiary/aromatic N) is 5. The van der Waals surface area contributed by atoms with Gasteiger partial charge in [-0.25, -0.2) is 4.98 Å². The molecule has 7 nitrogen and oxygen atoms in total. The second kappa shape index (κ2) is 10.1. The highest BCUT2D eigenvalue weighted by molar-refractivity contribution is 5.61. The van der Waals surface area contributed by atoms with Crippen LogP contribution in [-0.4, -0.2) is 70.7 Å². The highest BCUT2D eigenvalue weighted by Crippen LogP contribution is 2.24. The molecule has 0 aliphatic carbocycles. The highest BCUT2D eigenvalue weighted by Gasteiger charge is 2.15. The molecule has 3 heterocycles. The summed E-state index contributed by atoms with van der Waals surface area (Å²) >= 11 is 0. The van der Waals surface area contributed by atoms with Crippen LogP contribution in [0.5, 0.6) is 0 Å². The molecule has 1 aliphatic heterocycles. The van der Waals surface area contributed by atoms with Gasteiger partial charge >= 0.3 is 0 Å². The Balaban J connectivity index is 1.43. The number of anilines is 2. The lowest BCUT2D eigenvalue weighted by molar-refractivity contribution is 0.154. The molecule has 7 heteroatoms. The molecule has 0 radical (unpaired) electrons. The van der Waals surface area contributed by atoms with Crippen molar-refractivity contribution in [2.45, 2.75) is 32.7 Å². The van der Waals surface area contributed by atoms with Gasteiger partial charge in [-0.15, -0.1) is 0 Å². The Labute approximate surface area is 185 Å². The van der Waals surface area contributed by atoms with Gasteiger partial charge in [-0.05, 0) is 31.5 Å². The fourth-order valence-electron chi connectivity index (χ4n) is 3.98. The Morgan fingerprint density at radius 3 is 2.55 bits per heavy atom. The van der Waals surface area contributed by atoms with Gasteiger partial charge in [0.15, 0.2) is 5.65 Å². The van der Waals surface area contributed by atoms with Gasteiger partial charge in [0.05, 0.1) is 6.20 Å². The van der Waals surface area contributed by atoms with Gasteiger partial charge < -0.3 is 20.4 Å². The van der Waals surface area contributed by atoms with Crippen LogP contribution in [0.25, 0.3) is 5.65 Å². The number of fused-ring (bicyclic) bond motifs is 1. The van der Waals surface area contributed by atoms with Crippen molar-refractivity contribution in [2.24, 2.45) is 0 Å². The summed E-state index contributed by atoms with van der Waals surface area (Å²) in [5.41, 5.74) is 3.34. The Morgan fingerprint density at radius 2 is 1.81 bits per heavy atom. The third-order valence-corrected chi connectivity index (χ3v) is 5.99. The zero-order valence-corrected chi connectivity index (χ0v) is 19.0. The molecule has 1 saturated heterocycles. The fourth-order valence-corrected chi connectivity index (χ4v) is 3.98. The molecule has 31 heavy (non-hydrogen) atoms. The number of hydrogen-bond donors (Lipinski definition) is 2. The Bertz CT molecular complexity index is 959. The largest absolute Gasteiger partial charge is 0.370 e. The summed E-state index contributed by atoms with van der Waals surface area (Å²) < 4.78 is 1.92. The first-order chi connectivity index (χ1) is 15.1. The minimum Gasteiger partial charge on any atom is -0.370 e. The normalized spacial score (nSPS) is 15.6. The Morgan fingerprint density at radius 1 is 1.03 bits per heavy atom. The average Bonchev–Trinajstić information content (AvgIpc) is 3.21. The quantitative estimate of drug-likeness (QED) is 0.516. The van der Waals surface area contributed by atoms with E-state index in [2.05, 4.69) is 76.8 Å². The van der Waals surface area contributed by atoms with Crippen molar-refractivity contribution >= 4 is 17.3 Å². The molecule has 0 unspecified atom stereocenters. The van der Waals surface area contributed by atoms with E-state index in [1.807, 2.05) is 16.8 Å². The van der Waals surface area contributed by atoms with E-state index < -0.39 is 0 Å². The molecule has 0 bridgehead atoms. The maximum absolute atomic E-state index is 4.90. The number of benzene rings is 1. The molecule has 0 amide bonds. The molecule has 1 fully saturated rings. The van der Waals surface area contributed by atoms with Crippen LogP contribution in [0.3, 0.4) is 0 Å². The monoisotopic (exact) mass is 421 g/mol. The molecule has 2 aromatic heterocycles. The van der Waals surface area contributed by atoms with E-state index in [4.69, 9.17) is 4.98 Å². The molecular formula is C24H35N7. The predicted octanol–water partition coefficient (Wildman–Crippen LogP) is 3.51. The number of aromatic nitrogens is 3. The maximum Gasteiger partial charge on any atom is 0.163 e. The van der Waals surface area contributed by atoms with Gasteiger partial charge in [0.2, 0.25) is 0 Å². The summed E-state index contributed by atoms with van der Waals surface area (Å²) in [6.07, 6.45) is 3.05. The smallest absolute Gasteiger partial charge is 0.163 e. The van der Waals surface area contributed by atoms with E-state index in [-0.39, 0.29) is 0 Å². The van der Waals surface area contributed by atoms with Crippen molar-refractivity contribution in [3.8, 4) is 0 Å². The van der Waals surface area contributed by atoms with Crippen LogP contribution >= 0.6 is 0 Å². The molecule has 2 N–H and O–H groups in total. The number of piperazine rings is 1. The van der Waals surface area contributed by atoms with Crippen molar-refractivity contribution in [2.75, 3.05) is 56.9 Å². The number of likely N-dealkylation sites (N-methyl/N-ethyl adjacent to an activating group) is 1. The molecule has 166 valence electrons. The first kappa shape index (κ1) is 21.6. The van der Waals surface area contributed by atoms with E-state index >= 15 is 0 Å². The van der Waals surface area contributed by atoms with Gasteiger partial charge in [-0.2, -0.15) is 9.61 Å². The zero-order valence-electron chi connectivity index (χ0n) is 19.0. The van der Waals surface area contributed by atoms with Crippen LogP contribution in [0.15, 0.2) is 42.6 Å². The van der Waals surface area contributed by atoms with E-state index in [1.54, 1.807) is 0 Å². The lowest BCUT2D eigenvalue weighted by Crippen LogP contribution is -2.44. The van der Waals surface area contributed by atoms with Gasteiger partial charge in [0.25, 0.3) is 0 Å². The average molecular weight is 422 g/mol. The van der Waals surface area contributed by atoms with Crippen molar-refractivity contribution in [3.05, 3.63) is 53.7 Å². The summed E-state index contributed by atoms with van der Waals surface area (Å²) in [7, 11) is 2.20. The number of nitrogens with one attached hydrogen (secondary N) is 2. The molecular weight excluding hydrogens is 386 g/mol.